The molecule has 0 spiro atoms. The minimum atomic E-state index is 0. The Hall–Kier alpha value is 1.44. The fourth-order valence-corrected chi connectivity index (χ4v) is 0. The van der Waals surface area contributed by atoms with Gasteiger partial charge in [0, 0.05) is 18.6 Å². The van der Waals surface area contributed by atoms with Crippen LogP contribution in [0.2, 0.25) is 0 Å². The zero-order valence-corrected chi connectivity index (χ0v) is 5.53. The smallest absolute Gasteiger partial charge is 0 e. The van der Waals surface area contributed by atoms with Gasteiger partial charge in [0.2, 0.25) is 0 Å². The van der Waals surface area contributed by atoms with Gasteiger partial charge in [-0.05, 0) is 0 Å². The van der Waals surface area contributed by atoms with E-state index in [4.69, 9.17) is 7.74 Å². The molecule has 0 N–H and O–H groups in total. The van der Waals surface area contributed by atoms with Crippen LogP contribution in [0.4, 0.5) is 0 Å². The maximum atomic E-state index is 4.71. The average molecular weight is 199 g/mol. The van der Waals surface area contributed by atoms with E-state index in [1.165, 1.54) is 5.03 Å². The first-order valence-electron chi connectivity index (χ1n) is 0.552. The van der Waals surface area contributed by atoms with Crippen molar-refractivity contribution in [3.05, 3.63) is 0 Å². The molecular weight excluding hydrogens is 199 g/mol. The first kappa shape index (κ1) is 9.06. The van der Waals surface area contributed by atoms with E-state index in [0.717, 1.165) is 0 Å². The molecule has 0 aliphatic carbocycles. The molecule has 0 fully saturated rings. The topological polar surface area (TPSA) is 0 Å². The molecular formula is B2IV-. The molecule has 0 aliphatic rings. The van der Waals surface area contributed by atoms with Crippen molar-refractivity contribution in [2.24, 2.45) is 0 Å². The van der Waals surface area contributed by atoms with Gasteiger partial charge in [-0.1, -0.05) is 0 Å². The molecule has 0 saturated heterocycles. The zero-order valence-electron chi connectivity index (χ0n) is 1.98. The number of hydrogen-bond acceptors (Lipinski definition) is 0. The van der Waals surface area contributed by atoms with Crippen molar-refractivity contribution in [1.82, 2.24) is 0 Å². The second kappa shape index (κ2) is 8.82. The predicted molar refractivity (Wildman–Crippen MR) is 25.5 cm³/mol. The van der Waals surface area contributed by atoms with Gasteiger partial charge in [-0.15, -0.1) is 5.03 Å². The van der Waals surface area contributed by atoms with Crippen LogP contribution in [-0.2, 0) is 18.6 Å². The van der Waals surface area contributed by atoms with Gasteiger partial charge in [0.05, 0.1) is 0 Å². The molecule has 0 aromatic heterocycles. The monoisotopic (exact) mass is 200 g/mol. The summed E-state index contributed by atoms with van der Waals surface area (Å²) in [6, 6.07) is 0. The Balaban J connectivity index is 0. The van der Waals surface area contributed by atoms with E-state index >= 15 is 0 Å². The van der Waals surface area contributed by atoms with Crippen LogP contribution in [-0.4, -0.2) is 12.8 Å². The molecule has 5 radical (unpaired) electrons. The molecule has 0 aromatic rings. The Morgan fingerprint density at radius 2 is 1.75 bits per heavy atom. The van der Waals surface area contributed by atoms with Crippen molar-refractivity contribution in [2.75, 3.05) is 0 Å². The van der Waals surface area contributed by atoms with E-state index in [1.807, 2.05) is 22.4 Å². The molecule has 4 heteroatoms. The summed E-state index contributed by atoms with van der Waals surface area (Å²) in [7, 11) is 4.71. The van der Waals surface area contributed by atoms with Crippen molar-refractivity contribution >= 4 is 35.1 Å². The average Bonchev–Trinajstić information content (AvgIpc) is 0.918. The van der Waals surface area contributed by atoms with Crippen LogP contribution in [0.5, 0.6) is 0 Å². The van der Waals surface area contributed by atoms with Crippen LogP contribution < -0.4 is 0 Å². The molecule has 0 bridgehead atoms. The summed E-state index contributed by atoms with van der Waals surface area (Å²) in [5.41, 5.74) is 0. The predicted octanol–water partition coefficient (Wildman–Crippen LogP) is 0.122. The summed E-state index contributed by atoms with van der Waals surface area (Å²) in [6.07, 6.45) is 0. The maximum absolute atomic E-state index is 4.71. The summed E-state index contributed by atoms with van der Waals surface area (Å²) in [4.78, 5) is 0. The fourth-order valence-electron chi connectivity index (χ4n) is 0. The van der Waals surface area contributed by atoms with Gasteiger partial charge in [0.25, 0.3) is 0 Å². The van der Waals surface area contributed by atoms with Crippen LogP contribution >= 0.6 is 22.4 Å². The summed E-state index contributed by atoms with van der Waals surface area (Å²) in [6.45, 7) is 0. The van der Waals surface area contributed by atoms with Gasteiger partial charge in [0.1, 0.15) is 0 Å². The van der Waals surface area contributed by atoms with Gasteiger partial charge in [-0.2, -0.15) is 0 Å². The molecule has 0 amide bonds. The molecule has 0 unspecified atom stereocenters. The molecule has 0 heterocycles. The van der Waals surface area contributed by atoms with Gasteiger partial charge < -0.3 is 7.74 Å². The molecule has 19 valence electrons. The number of hydrogen-bond donors (Lipinski definition) is 0. The Kier molecular flexibility index (Phi) is 20.0. The van der Waals surface area contributed by atoms with Crippen LogP contribution in [0, 0.1) is 0 Å². The molecule has 0 atom stereocenters. The Bertz CT molecular complexity index is 6.00. The molecule has 0 rings (SSSR count). The van der Waals surface area contributed by atoms with Crippen LogP contribution in [0.25, 0.3) is 0 Å². The van der Waals surface area contributed by atoms with Crippen molar-refractivity contribution in [3.63, 3.8) is 0 Å². The van der Waals surface area contributed by atoms with Gasteiger partial charge in [-0.25, -0.2) is 22.4 Å². The summed E-state index contributed by atoms with van der Waals surface area (Å²) in [5, 5.41) is 1.47. The van der Waals surface area contributed by atoms with Crippen molar-refractivity contribution in [1.29, 1.82) is 0 Å². The molecule has 0 saturated carbocycles. The Morgan fingerprint density at radius 3 is 1.75 bits per heavy atom. The standard InChI is InChI=1S/B2I.V/c1-2-3;/q-1;. The largest absolute Gasteiger partial charge is 0.663 e. The van der Waals surface area contributed by atoms with E-state index in [0.29, 0.717) is 0 Å². The van der Waals surface area contributed by atoms with Gasteiger partial charge >= 0.3 is 0 Å². The minimum absolute atomic E-state index is 0. The van der Waals surface area contributed by atoms with Crippen molar-refractivity contribution < 1.29 is 18.6 Å². The van der Waals surface area contributed by atoms with Crippen LogP contribution in [0.3, 0.4) is 0 Å². The molecule has 0 nitrogen and oxygen atoms in total. The minimum Gasteiger partial charge on any atom is -0.663 e. The van der Waals surface area contributed by atoms with Crippen molar-refractivity contribution in [3.8, 4) is 0 Å². The zero-order chi connectivity index (χ0) is 2.71. The second-order valence-corrected chi connectivity index (χ2v) is 0.845. The van der Waals surface area contributed by atoms with Crippen LogP contribution in [0.15, 0.2) is 0 Å². The third kappa shape index (κ3) is 9.86. The Morgan fingerprint density at radius 1 is 1.75 bits per heavy atom. The van der Waals surface area contributed by atoms with Gasteiger partial charge in [0.15, 0.2) is 0 Å². The molecule has 0 aliphatic heterocycles. The van der Waals surface area contributed by atoms with E-state index < -0.39 is 0 Å². The first-order chi connectivity index (χ1) is 1.41. The number of halogens is 1. The molecule has 4 heavy (non-hydrogen) atoms. The van der Waals surface area contributed by atoms with E-state index in [2.05, 4.69) is 0 Å². The fraction of sp³-hybridized carbons (Fsp3) is 0. The van der Waals surface area contributed by atoms with Crippen molar-refractivity contribution in [2.45, 2.75) is 0 Å². The maximum Gasteiger partial charge on any atom is 0 e. The summed E-state index contributed by atoms with van der Waals surface area (Å²) < 4.78 is 0. The SMILES string of the molecule is [B-][B]I.[V]. The number of rotatable bonds is 0. The summed E-state index contributed by atoms with van der Waals surface area (Å²) >= 11 is 1.94. The third-order valence-corrected chi connectivity index (χ3v) is 0. The van der Waals surface area contributed by atoms with E-state index in [-0.39, 0.29) is 18.6 Å². The quantitative estimate of drug-likeness (QED) is 0.384. The first-order valence-corrected chi connectivity index (χ1v) is 1.80. The summed E-state index contributed by atoms with van der Waals surface area (Å²) in [5.74, 6) is 0. The molecule has 0 aromatic carbocycles. The van der Waals surface area contributed by atoms with E-state index in [1.54, 1.807) is 0 Å². The van der Waals surface area contributed by atoms with E-state index in [9.17, 15) is 0 Å². The second-order valence-electron chi connectivity index (χ2n) is 0.126. The Labute approximate surface area is 53.5 Å². The third-order valence-electron chi connectivity index (χ3n) is 0. The van der Waals surface area contributed by atoms with Crippen LogP contribution in [0.1, 0.15) is 0 Å². The normalized spacial score (nSPS) is 3.50. The van der Waals surface area contributed by atoms with Gasteiger partial charge in [-0.3, -0.25) is 0 Å².